The van der Waals surface area contributed by atoms with E-state index in [-0.39, 0.29) is 29.9 Å². The van der Waals surface area contributed by atoms with Crippen LogP contribution in [0.25, 0.3) is 0 Å². The summed E-state index contributed by atoms with van der Waals surface area (Å²) in [6, 6.07) is 13.7. The summed E-state index contributed by atoms with van der Waals surface area (Å²) in [5, 5.41) is 0. The molecule has 1 fully saturated rings. The standard InChI is InChI=1S/C51H70O10/c1-3-48(52)58-40-22-18-14-9-6-5-8-12-17-21-39-57-45-31-27-43(28-32-45)51(55)61-47-35-33-46(34-36-47)60-50(54)37-26-42-24-29-44(30-25-42)56-38-20-16-13-10-7-11-15-19-23-41-59-49(53)4-2/h3-4,24-25,29-30,33-36,43,45H,1-2,5-23,27-28,31-32,38-41H2. The molecule has 1 saturated carbocycles. The quantitative estimate of drug-likeness (QED) is 0.0231. The second kappa shape index (κ2) is 32.8. The number of hydrogen-bond acceptors (Lipinski definition) is 10. The summed E-state index contributed by atoms with van der Waals surface area (Å²) >= 11 is 0. The topological polar surface area (TPSA) is 124 Å². The van der Waals surface area contributed by atoms with Crippen LogP contribution in [0.15, 0.2) is 73.8 Å². The summed E-state index contributed by atoms with van der Waals surface area (Å²) in [5.74, 6) is 5.08. The monoisotopic (exact) mass is 842 g/mol. The number of ether oxygens (including phenoxy) is 6. The molecule has 61 heavy (non-hydrogen) atoms. The van der Waals surface area contributed by atoms with Gasteiger partial charge in [0.15, 0.2) is 0 Å². The minimum absolute atomic E-state index is 0.152. The van der Waals surface area contributed by atoms with Crippen molar-refractivity contribution in [1.82, 2.24) is 0 Å². The molecule has 0 atom stereocenters. The van der Waals surface area contributed by atoms with E-state index in [1.165, 1.54) is 82.8 Å². The highest BCUT2D eigenvalue weighted by molar-refractivity contribution is 5.90. The molecule has 0 spiro atoms. The van der Waals surface area contributed by atoms with Crippen molar-refractivity contribution >= 4 is 23.9 Å². The average molecular weight is 843 g/mol. The van der Waals surface area contributed by atoms with Gasteiger partial charge >= 0.3 is 23.9 Å². The van der Waals surface area contributed by atoms with Crippen molar-refractivity contribution < 1.29 is 47.6 Å². The maximum absolute atomic E-state index is 12.9. The first-order chi connectivity index (χ1) is 29.9. The van der Waals surface area contributed by atoms with Crippen molar-refractivity contribution in [1.29, 1.82) is 0 Å². The lowest BCUT2D eigenvalue weighted by Gasteiger charge is -2.27. The number of benzene rings is 2. The van der Waals surface area contributed by atoms with Gasteiger partial charge in [-0.05, 0) is 99.9 Å². The van der Waals surface area contributed by atoms with Crippen LogP contribution in [0, 0.1) is 17.8 Å². The molecule has 0 radical (unpaired) electrons. The number of rotatable bonds is 32. The van der Waals surface area contributed by atoms with Gasteiger partial charge in [-0.15, -0.1) is 0 Å². The van der Waals surface area contributed by atoms with E-state index < -0.39 is 5.97 Å². The van der Waals surface area contributed by atoms with Crippen LogP contribution in [0.3, 0.4) is 0 Å². The Labute approximate surface area is 365 Å². The van der Waals surface area contributed by atoms with E-state index in [1.54, 1.807) is 24.3 Å². The van der Waals surface area contributed by atoms with E-state index in [9.17, 15) is 19.2 Å². The predicted octanol–water partition coefficient (Wildman–Crippen LogP) is 11.4. The van der Waals surface area contributed by atoms with Crippen molar-refractivity contribution in [2.75, 3.05) is 26.4 Å². The second-order valence-electron chi connectivity index (χ2n) is 15.7. The Kier molecular flexibility index (Phi) is 27.2. The molecule has 0 saturated heterocycles. The zero-order valence-corrected chi connectivity index (χ0v) is 36.5. The van der Waals surface area contributed by atoms with Crippen LogP contribution < -0.4 is 14.2 Å². The molecule has 0 aromatic heterocycles. The number of carbonyl (C=O) groups is 4. The van der Waals surface area contributed by atoms with Gasteiger partial charge in [0.1, 0.15) is 17.2 Å². The van der Waals surface area contributed by atoms with Crippen molar-refractivity contribution in [3.05, 3.63) is 79.4 Å². The van der Waals surface area contributed by atoms with Gasteiger partial charge in [-0.2, -0.15) is 0 Å². The molecule has 2 aromatic carbocycles. The fourth-order valence-electron chi connectivity index (χ4n) is 7.09. The molecule has 0 aliphatic heterocycles. The Morgan fingerprint density at radius 2 is 0.918 bits per heavy atom. The molecule has 0 N–H and O–H groups in total. The number of unbranched alkanes of at least 4 members (excludes halogenated alkanes) is 17. The fraction of sp³-hybridized carbons (Fsp3) is 0.569. The SMILES string of the molecule is C=CC(=O)OCCCCCCCCCCCCOC1CCC(C(=O)Oc2ccc(OC(=O)C#Cc3ccc(OCCCCCCCCCCCOC(=O)C=C)cc3)cc2)CC1. The van der Waals surface area contributed by atoms with E-state index in [0.717, 1.165) is 89.4 Å². The van der Waals surface area contributed by atoms with Gasteiger partial charge in [0.05, 0.1) is 31.8 Å². The van der Waals surface area contributed by atoms with Crippen LogP contribution in [0.1, 0.15) is 153 Å². The first kappa shape index (κ1) is 50.5. The minimum atomic E-state index is -0.683. The van der Waals surface area contributed by atoms with Gasteiger partial charge in [0, 0.05) is 30.2 Å². The number of hydrogen-bond donors (Lipinski definition) is 0. The van der Waals surface area contributed by atoms with Crippen LogP contribution in [0.4, 0.5) is 0 Å². The lowest BCUT2D eigenvalue weighted by atomic mass is 9.87. The third-order valence-electron chi connectivity index (χ3n) is 10.7. The molecule has 0 bridgehead atoms. The molecule has 0 heterocycles. The predicted molar refractivity (Wildman–Crippen MR) is 238 cm³/mol. The molecule has 3 rings (SSSR count). The number of esters is 4. The Hall–Kier alpha value is -4.88. The normalized spacial score (nSPS) is 14.5. The van der Waals surface area contributed by atoms with Crippen LogP contribution in [0.2, 0.25) is 0 Å². The fourth-order valence-corrected chi connectivity index (χ4v) is 7.09. The minimum Gasteiger partial charge on any atom is -0.494 e. The van der Waals surface area contributed by atoms with Gasteiger partial charge in [-0.1, -0.05) is 115 Å². The van der Waals surface area contributed by atoms with Gasteiger partial charge in [-0.25, -0.2) is 14.4 Å². The lowest BCUT2D eigenvalue weighted by molar-refractivity contribution is -0.141. The third-order valence-corrected chi connectivity index (χ3v) is 10.7. The van der Waals surface area contributed by atoms with E-state index in [2.05, 4.69) is 25.0 Å². The summed E-state index contributed by atoms with van der Waals surface area (Å²) < 4.78 is 33.0. The van der Waals surface area contributed by atoms with E-state index in [1.807, 2.05) is 24.3 Å². The van der Waals surface area contributed by atoms with Crippen molar-refractivity contribution in [2.45, 2.75) is 154 Å². The third kappa shape index (κ3) is 24.8. The summed E-state index contributed by atoms with van der Waals surface area (Å²) in [6.45, 7) is 9.17. The summed E-state index contributed by atoms with van der Waals surface area (Å²) in [4.78, 5) is 47.3. The maximum Gasteiger partial charge on any atom is 0.390 e. The molecule has 334 valence electrons. The first-order valence-electron chi connectivity index (χ1n) is 22.8. The molecule has 0 unspecified atom stereocenters. The van der Waals surface area contributed by atoms with Crippen molar-refractivity contribution in [3.63, 3.8) is 0 Å². The zero-order chi connectivity index (χ0) is 43.6. The molecular formula is C51H70O10. The Balaban J connectivity index is 1.16. The van der Waals surface area contributed by atoms with Crippen molar-refractivity contribution in [2.24, 2.45) is 5.92 Å². The van der Waals surface area contributed by atoms with Crippen molar-refractivity contribution in [3.8, 4) is 29.1 Å². The lowest BCUT2D eigenvalue weighted by Crippen LogP contribution is -2.29. The smallest absolute Gasteiger partial charge is 0.390 e. The van der Waals surface area contributed by atoms with Gasteiger partial charge in [0.25, 0.3) is 0 Å². The molecule has 10 heteroatoms. The van der Waals surface area contributed by atoms with Gasteiger partial charge in [-0.3, -0.25) is 4.79 Å². The van der Waals surface area contributed by atoms with E-state index >= 15 is 0 Å². The van der Waals surface area contributed by atoms with Crippen LogP contribution >= 0.6 is 0 Å². The zero-order valence-electron chi connectivity index (χ0n) is 36.5. The van der Waals surface area contributed by atoms with Crippen LogP contribution in [-0.2, 0) is 33.4 Å². The van der Waals surface area contributed by atoms with E-state index in [4.69, 9.17) is 28.4 Å². The highest BCUT2D eigenvalue weighted by Crippen LogP contribution is 2.29. The average Bonchev–Trinajstić information content (AvgIpc) is 3.28. The largest absolute Gasteiger partial charge is 0.494 e. The summed E-state index contributed by atoms with van der Waals surface area (Å²) in [6.07, 6.45) is 27.6. The first-order valence-corrected chi connectivity index (χ1v) is 22.8. The van der Waals surface area contributed by atoms with Crippen LogP contribution in [0.5, 0.6) is 17.2 Å². The highest BCUT2D eigenvalue weighted by Gasteiger charge is 2.28. The van der Waals surface area contributed by atoms with E-state index in [0.29, 0.717) is 36.9 Å². The molecule has 0 amide bonds. The molecule has 1 aliphatic carbocycles. The Morgan fingerprint density at radius 3 is 1.39 bits per heavy atom. The van der Waals surface area contributed by atoms with Gasteiger partial charge < -0.3 is 28.4 Å². The Bertz CT molecular complexity index is 1610. The highest BCUT2D eigenvalue weighted by atomic mass is 16.5. The maximum atomic E-state index is 12.9. The Morgan fingerprint density at radius 1 is 0.508 bits per heavy atom. The van der Waals surface area contributed by atoms with Gasteiger partial charge in [0.2, 0.25) is 0 Å². The number of carbonyl (C=O) groups excluding carboxylic acids is 4. The molecule has 1 aliphatic rings. The summed E-state index contributed by atoms with van der Waals surface area (Å²) in [7, 11) is 0. The molecule has 10 nitrogen and oxygen atoms in total. The second-order valence-corrected chi connectivity index (χ2v) is 15.7. The van der Waals surface area contributed by atoms with Crippen LogP contribution in [-0.4, -0.2) is 56.4 Å². The molecular weight excluding hydrogens is 773 g/mol. The summed E-state index contributed by atoms with van der Waals surface area (Å²) in [5.41, 5.74) is 0.676. The molecule has 2 aromatic rings.